The fourth-order valence-electron chi connectivity index (χ4n) is 7.82. The number of hydrogen-bond donors (Lipinski definition) is 0. The minimum Gasteiger partial charge on any atom is -0.264 e. The highest BCUT2D eigenvalue weighted by atomic mass is 14.9. The summed E-state index contributed by atoms with van der Waals surface area (Å²) in [6.45, 7) is 0. The molecule has 0 aliphatic rings. The van der Waals surface area contributed by atoms with E-state index in [1.165, 1.54) is 38.2 Å². The highest BCUT2D eigenvalue weighted by Crippen LogP contribution is 2.44. The van der Waals surface area contributed by atoms with Gasteiger partial charge in [-0.2, -0.15) is 0 Å². The molecule has 10 rings (SSSR count). The van der Waals surface area contributed by atoms with Gasteiger partial charge in [0.25, 0.3) is 0 Å². The predicted molar refractivity (Wildman–Crippen MR) is 223 cm³/mol. The maximum absolute atomic E-state index is 5.30. The summed E-state index contributed by atoms with van der Waals surface area (Å²) in [7, 11) is 0. The molecule has 0 bridgehead atoms. The summed E-state index contributed by atoms with van der Waals surface area (Å²) >= 11 is 0. The van der Waals surface area contributed by atoms with E-state index in [0.29, 0.717) is 5.82 Å². The molecular weight excluding hydrogens is 657 g/mol. The Morgan fingerprint density at radius 3 is 1.61 bits per heavy atom. The third kappa shape index (κ3) is 5.49. The highest BCUT2D eigenvalue weighted by Gasteiger charge is 2.19. The van der Waals surface area contributed by atoms with Crippen molar-refractivity contribution in [1.29, 1.82) is 0 Å². The molecule has 7 aromatic carbocycles. The van der Waals surface area contributed by atoms with Crippen molar-refractivity contribution in [3.63, 3.8) is 0 Å². The van der Waals surface area contributed by atoms with Gasteiger partial charge in [0, 0.05) is 52.4 Å². The first kappa shape index (κ1) is 31.4. The Bertz CT molecular complexity index is 2930. The molecule has 4 heteroatoms. The van der Waals surface area contributed by atoms with Gasteiger partial charge in [-0.1, -0.05) is 152 Å². The molecule has 0 aliphatic heterocycles. The first-order valence-corrected chi connectivity index (χ1v) is 18.1. The minimum absolute atomic E-state index is 0.626. The van der Waals surface area contributed by atoms with Crippen LogP contribution in [0.15, 0.2) is 195 Å². The van der Waals surface area contributed by atoms with E-state index in [1.54, 1.807) is 6.20 Å². The molecule has 0 spiro atoms. The van der Waals surface area contributed by atoms with Gasteiger partial charge in [0.05, 0.1) is 11.4 Å². The Morgan fingerprint density at radius 2 is 0.889 bits per heavy atom. The molecule has 4 nitrogen and oxygen atoms in total. The standard InChI is InChI=1S/C50H32N4/c1-2-14-33(15-3-1)48-41-23-8-10-25-43(41)49(44-26-11-9-24-42(44)48)35-18-12-17-34(28-35)46-29-47(40-22-7-6-20-38(40)37-19-13-27-51-30-37)54-50(53-46)45-32-52-31-36-16-4-5-21-39(36)45/h1-32H. The number of benzene rings is 7. The highest BCUT2D eigenvalue weighted by molar-refractivity contribution is 6.21. The fourth-order valence-corrected chi connectivity index (χ4v) is 7.82. The molecule has 0 amide bonds. The van der Waals surface area contributed by atoms with Crippen LogP contribution in [-0.4, -0.2) is 19.9 Å². The SMILES string of the molecule is c1ccc(-c2c3ccccc3c(-c3cccc(-c4cc(-c5ccccc5-c5cccnc5)nc(-c5cncc6ccccc56)n4)c3)c3ccccc23)cc1. The lowest BCUT2D eigenvalue weighted by atomic mass is 9.85. The fraction of sp³-hybridized carbons (Fsp3) is 0. The number of nitrogens with zero attached hydrogens (tertiary/aromatic N) is 4. The molecule has 0 atom stereocenters. The lowest BCUT2D eigenvalue weighted by molar-refractivity contribution is 1.18. The Hall–Kier alpha value is -7.30. The van der Waals surface area contributed by atoms with Crippen LogP contribution in [0.4, 0.5) is 0 Å². The number of fused-ring (bicyclic) bond motifs is 3. The van der Waals surface area contributed by atoms with Crippen LogP contribution in [-0.2, 0) is 0 Å². The molecule has 0 saturated heterocycles. The van der Waals surface area contributed by atoms with Gasteiger partial charge < -0.3 is 0 Å². The van der Waals surface area contributed by atoms with Gasteiger partial charge in [-0.05, 0) is 72.9 Å². The minimum atomic E-state index is 0.626. The lowest BCUT2D eigenvalue weighted by Crippen LogP contribution is -1.98. The number of aromatic nitrogens is 4. The first-order valence-electron chi connectivity index (χ1n) is 18.1. The average Bonchev–Trinajstić information content (AvgIpc) is 3.25. The summed E-state index contributed by atoms with van der Waals surface area (Å²) in [6.07, 6.45) is 7.47. The van der Waals surface area contributed by atoms with Gasteiger partial charge in [0.2, 0.25) is 0 Å². The maximum Gasteiger partial charge on any atom is 0.162 e. The Morgan fingerprint density at radius 1 is 0.315 bits per heavy atom. The van der Waals surface area contributed by atoms with E-state index in [2.05, 4.69) is 168 Å². The largest absolute Gasteiger partial charge is 0.264 e. The van der Waals surface area contributed by atoms with Crippen molar-refractivity contribution in [1.82, 2.24) is 19.9 Å². The second-order valence-corrected chi connectivity index (χ2v) is 13.4. The second-order valence-electron chi connectivity index (χ2n) is 13.4. The third-order valence-electron chi connectivity index (χ3n) is 10.3. The lowest BCUT2D eigenvalue weighted by Gasteiger charge is -2.18. The Labute approximate surface area is 313 Å². The van der Waals surface area contributed by atoms with Crippen LogP contribution in [0.25, 0.3) is 99.6 Å². The zero-order valence-electron chi connectivity index (χ0n) is 29.3. The summed E-state index contributed by atoms with van der Waals surface area (Å²) in [5.41, 5.74) is 11.4. The normalized spacial score (nSPS) is 11.3. The van der Waals surface area contributed by atoms with Crippen LogP contribution in [0.2, 0.25) is 0 Å². The van der Waals surface area contributed by atoms with Crippen LogP contribution in [0, 0.1) is 0 Å². The van der Waals surface area contributed by atoms with Gasteiger partial charge in [-0.25, -0.2) is 9.97 Å². The van der Waals surface area contributed by atoms with Crippen molar-refractivity contribution in [3.05, 3.63) is 195 Å². The van der Waals surface area contributed by atoms with E-state index in [4.69, 9.17) is 9.97 Å². The van der Waals surface area contributed by atoms with E-state index in [-0.39, 0.29) is 0 Å². The molecule has 3 aromatic heterocycles. The topological polar surface area (TPSA) is 51.6 Å². The van der Waals surface area contributed by atoms with E-state index in [0.717, 1.165) is 55.5 Å². The van der Waals surface area contributed by atoms with Crippen molar-refractivity contribution in [3.8, 4) is 67.3 Å². The summed E-state index contributed by atoms with van der Waals surface area (Å²) in [6, 6.07) is 59.9. The Balaban J connectivity index is 1.21. The molecule has 54 heavy (non-hydrogen) atoms. The van der Waals surface area contributed by atoms with Crippen LogP contribution >= 0.6 is 0 Å². The van der Waals surface area contributed by atoms with Crippen molar-refractivity contribution in [2.24, 2.45) is 0 Å². The maximum atomic E-state index is 5.30. The second kappa shape index (κ2) is 13.4. The predicted octanol–water partition coefficient (Wildman–Crippen LogP) is 12.7. The van der Waals surface area contributed by atoms with Crippen LogP contribution < -0.4 is 0 Å². The number of rotatable bonds is 6. The molecule has 0 radical (unpaired) electrons. The van der Waals surface area contributed by atoms with E-state index in [9.17, 15) is 0 Å². The molecule has 0 aliphatic carbocycles. The van der Waals surface area contributed by atoms with Gasteiger partial charge in [0.15, 0.2) is 5.82 Å². The number of hydrogen-bond acceptors (Lipinski definition) is 4. The monoisotopic (exact) mass is 688 g/mol. The van der Waals surface area contributed by atoms with Crippen LogP contribution in [0.5, 0.6) is 0 Å². The summed E-state index contributed by atoms with van der Waals surface area (Å²) in [5.74, 6) is 0.626. The van der Waals surface area contributed by atoms with E-state index < -0.39 is 0 Å². The smallest absolute Gasteiger partial charge is 0.162 e. The molecular formula is C50H32N4. The zero-order valence-corrected chi connectivity index (χ0v) is 29.3. The molecule has 0 saturated carbocycles. The number of pyridine rings is 2. The van der Waals surface area contributed by atoms with Gasteiger partial charge >= 0.3 is 0 Å². The molecule has 0 N–H and O–H groups in total. The quantitative estimate of drug-likeness (QED) is 0.163. The molecule has 0 unspecified atom stereocenters. The molecule has 252 valence electrons. The zero-order chi connectivity index (χ0) is 35.8. The van der Waals surface area contributed by atoms with Gasteiger partial charge in [-0.3, -0.25) is 9.97 Å². The third-order valence-corrected chi connectivity index (χ3v) is 10.3. The van der Waals surface area contributed by atoms with Crippen molar-refractivity contribution < 1.29 is 0 Å². The molecule has 3 heterocycles. The molecule has 10 aromatic rings. The molecule has 0 fully saturated rings. The van der Waals surface area contributed by atoms with Crippen LogP contribution in [0.1, 0.15) is 0 Å². The van der Waals surface area contributed by atoms with Crippen molar-refractivity contribution in [2.75, 3.05) is 0 Å². The van der Waals surface area contributed by atoms with E-state index >= 15 is 0 Å². The van der Waals surface area contributed by atoms with Crippen LogP contribution in [0.3, 0.4) is 0 Å². The van der Waals surface area contributed by atoms with Crippen molar-refractivity contribution in [2.45, 2.75) is 0 Å². The summed E-state index contributed by atoms with van der Waals surface area (Å²) in [4.78, 5) is 19.6. The van der Waals surface area contributed by atoms with E-state index in [1.807, 2.05) is 30.7 Å². The Kier molecular flexibility index (Phi) is 7.77. The average molecular weight is 689 g/mol. The first-order chi connectivity index (χ1) is 26.8. The summed E-state index contributed by atoms with van der Waals surface area (Å²) in [5, 5.41) is 6.98. The van der Waals surface area contributed by atoms with Gasteiger partial charge in [-0.15, -0.1) is 0 Å². The summed E-state index contributed by atoms with van der Waals surface area (Å²) < 4.78 is 0. The van der Waals surface area contributed by atoms with Crippen molar-refractivity contribution >= 4 is 32.3 Å². The van der Waals surface area contributed by atoms with Gasteiger partial charge in [0.1, 0.15) is 0 Å².